The van der Waals surface area contributed by atoms with Crippen molar-refractivity contribution in [2.45, 2.75) is 32.9 Å². The molecule has 5 heteroatoms. The highest BCUT2D eigenvalue weighted by Gasteiger charge is 2.14. The number of anilines is 1. The van der Waals surface area contributed by atoms with E-state index in [-0.39, 0.29) is 0 Å². The van der Waals surface area contributed by atoms with E-state index in [1.54, 1.807) is 7.11 Å². The summed E-state index contributed by atoms with van der Waals surface area (Å²) in [5.74, 6) is 0.918. The Morgan fingerprint density at radius 2 is 2.17 bits per heavy atom. The largest absolute Gasteiger partial charge is 0.383 e. The highest BCUT2D eigenvalue weighted by molar-refractivity contribution is 5.37. The Labute approximate surface area is 110 Å². The van der Waals surface area contributed by atoms with Crippen LogP contribution in [0, 0.1) is 0 Å². The number of nitrogens with one attached hydrogen (secondary N) is 1. The lowest BCUT2D eigenvalue weighted by atomic mass is 10.2. The number of aromatic nitrogens is 2. The second-order valence-electron chi connectivity index (χ2n) is 4.34. The van der Waals surface area contributed by atoms with Crippen LogP contribution in [-0.4, -0.2) is 43.3 Å². The number of hydrogen-bond acceptors (Lipinski definition) is 5. The van der Waals surface area contributed by atoms with Crippen molar-refractivity contribution in [3.8, 4) is 0 Å². The van der Waals surface area contributed by atoms with Gasteiger partial charge in [0.15, 0.2) is 0 Å². The van der Waals surface area contributed by atoms with Crippen molar-refractivity contribution in [2.24, 2.45) is 0 Å². The van der Waals surface area contributed by atoms with Gasteiger partial charge in [-0.3, -0.25) is 4.98 Å². The molecule has 0 amide bonds. The Morgan fingerprint density at radius 3 is 2.67 bits per heavy atom. The molecule has 0 spiro atoms. The van der Waals surface area contributed by atoms with E-state index in [2.05, 4.69) is 34.0 Å². The second kappa shape index (κ2) is 8.00. The van der Waals surface area contributed by atoms with Crippen LogP contribution in [-0.2, 0) is 11.3 Å². The van der Waals surface area contributed by atoms with Gasteiger partial charge in [-0.05, 0) is 20.4 Å². The Bertz CT molecular complexity index is 328. The average Bonchev–Trinajstić information content (AvgIpc) is 2.41. The van der Waals surface area contributed by atoms with E-state index < -0.39 is 0 Å². The molecule has 102 valence electrons. The Balaban J connectivity index is 2.77. The van der Waals surface area contributed by atoms with Crippen molar-refractivity contribution < 1.29 is 4.74 Å². The van der Waals surface area contributed by atoms with E-state index in [1.165, 1.54) is 0 Å². The first-order chi connectivity index (χ1) is 8.72. The van der Waals surface area contributed by atoms with Gasteiger partial charge < -0.3 is 15.0 Å². The molecule has 1 atom stereocenters. The zero-order valence-electron chi connectivity index (χ0n) is 11.8. The lowest BCUT2D eigenvalue weighted by Crippen LogP contribution is -2.36. The molecule has 0 fully saturated rings. The number of hydrogen-bond donors (Lipinski definition) is 1. The number of nitrogens with zero attached hydrogens (tertiary/aromatic N) is 3. The van der Waals surface area contributed by atoms with Crippen molar-refractivity contribution in [2.75, 3.05) is 32.2 Å². The van der Waals surface area contributed by atoms with Gasteiger partial charge in [-0.2, -0.15) is 0 Å². The maximum absolute atomic E-state index is 5.15. The van der Waals surface area contributed by atoms with E-state index in [0.29, 0.717) is 12.6 Å². The van der Waals surface area contributed by atoms with Crippen LogP contribution in [0.3, 0.4) is 0 Å². The molecule has 18 heavy (non-hydrogen) atoms. The van der Waals surface area contributed by atoms with E-state index in [4.69, 9.17) is 4.74 Å². The molecule has 0 saturated carbocycles. The van der Waals surface area contributed by atoms with Gasteiger partial charge in [-0.15, -0.1) is 0 Å². The summed E-state index contributed by atoms with van der Waals surface area (Å²) in [5.41, 5.74) is 0.956. The Morgan fingerprint density at radius 1 is 1.39 bits per heavy atom. The zero-order chi connectivity index (χ0) is 13.4. The van der Waals surface area contributed by atoms with Gasteiger partial charge in [-0.25, -0.2) is 4.98 Å². The van der Waals surface area contributed by atoms with E-state index in [1.807, 2.05) is 19.4 Å². The molecule has 1 unspecified atom stereocenters. The van der Waals surface area contributed by atoms with Gasteiger partial charge >= 0.3 is 0 Å². The molecule has 1 aromatic heterocycles. The summed E-state index contributed by atoms with van der Waals surface area (Å²) in [7, 11) is 3.62. The lowest BCUT2D eigenvalue weighted by Gasteiger charge is -2.29. The molecular weight excluding hydrogens is 228 g/mol. The van der Waals surface area contributed by atoms with Crippen molar-refractivity contribution in [1.82, 2.24) is 15.3 Å². The molecular formula is C13H24N4O. The first kappa shape index (κ1) is 14.9. The smallest absolute Gasteiger partial charge is 0.147 e. The molecule has 1 N–H and O–H groups in total. The SMILES string of the molecule is CCC(C)N(CCOC)c1cnc(CNC)cn1. The van der Waals surface area contributed by atoms with Crippen molar-refractivity contribution in [3.63, 3.8) is 0 Å². The number of methoxy groups -OCH3 is 1. The molecule has 0 aliphatic rings. The van der Waals surface area contributed by atoms with E-state index in [9.17, 15) is 0 Å². The Kier molecular flexibility index (Phi) is 6.60. The van der Waals surface area contributed by atoms with Gasteiger partial charge in [0, 0.05) is 26.2 Å². The fourth-order valence-corrected chi connectivity index (χ4v) is 1.74. The topological polar surface area (TPSA) is 50.3 Å². The minimum atomic E-state index is 0.435. The fourth-order valence-electron chi connectivity index (χ4n) is 1.74. The summed E-state index contributed by atoms with van der Waals surface area (Å²) in [5, 5.41) is 3.06. The highest BCUT2D eigenvalue weighted by Crippen LogP contribution is 2.14. The lowest BCUT2D eigenvalue weighted by molar-refractivity contribution is 0.203. The van der Waals surface area contributed by atoms with Crippen molar-refractivity contribution in [3.05, 3.63) is 18.1 Å². The van der Waals surface area contributed by atoms with Crippen LogP contribution in [0.15, 0.2) is 12.4 Å². The molecule has 1 heterocycles. The van der Waals surface area contributed by atoms with Crippen LogP contribution < -0.4 is 10.2 Å². The first-order valence-electron chi connectivity index (χ1n) is 6.44. The molecule has 0 saturated heterocycles. The Hall–Kier alpha value is -1.20. The van der Waals surface area contributed by atoms with Gasteiger partial charge in [0.2, 0.25) is 0 Å². The fraction of sp³-hybridized carbons (Fsp3) is 0.692. The van der Waals surface area contributed by atoms with Gasteiger partial charge in [0.25, 0.3) is 0 Å². The summed E-state index contributed by atoms with van der Waals surface area (Å²) < 4.78 is 5.15. The quantitative estimate of drug-likeness (QED) is 0.759. The molecule has 0 bridgehead atoms. The van der Waals surface area contributed by atoms with Gasteiger partial charge in [-0.1, -0.05) is 6.92 Å². The second-order valence-corrected chi connectivity index (χ2v) is 4.34. The summed E-state index contributed by atoms with van der Waals surface area (Å²) >= 11 is 0. The van der Waals surface area contributed by atoms with Crippen LogP contribution in [0.1, 0.15) is 26.0 Å². The molecule has 1 rings (SSSR count). The van der Waals surface area contributed by atoms with Gasteiger partial charge in [0.05, 0.1) is 24.7 Å². The van der Waals surface area contributed by atoms with Crippen LogP contribution in [0.25, 0.3) is 0 Å². The maximum Gasteiger partial charge on any atom is 0.147 e. The molecule has 5 nitrogen and oxygen atoms in total. The summed E-state index contributed by atoms with van der Waals surface area (Å²) in [6, 6.07) is 0.435. The summed E-state index contributed by atoms with van der Waals surface area (Å²) in [6.45, 7) is 6.65. The number of rotatable bonds is 8. The summed E-state index contributed by atoms with van der Waals surface area (Å²) in [4.78, 5) is 11.1. The highest BCUT2D eigenvalue weighted by atomic mass is 16.5. The third-order valence-electron chi connectivity index (χ3n) is 3.00. The minimum Gasteiger partial charge on any atom is -0.383 e. The third-order valence-corrected chi connectivity index (χ3v) is 3.00. The normalized spacial score (nSPS) is 12.4. The van der Waals surface area contributed by atoms with Crippen LogP contribution >= 0.6 is 0 Å². The van der Waals surface area contributed by atoms with E-state index >= 15 is 0 Å². The van der Waals surface area contributed by atoms with Crippen molar-refractivity contribution >= 4 is 5.82 Å². The molecule has 0 aliphatic carbocycles. The average molecular weight is 252 g/mol. The maximum atomic E-state index is 5.15. The first-order valence-corrected chi connectivity index (χ1v) is 6.44. The predicted octanol–water partition coefficient (Wildman–Crippen LogP) is 1.45. The van der Waals surface area contributed by atoms with E-state index in [0.717, 1.165) is 31.0 Å². The van der Waals surface area contributed by atoms with Crippen LogP contribution in [0.2, 0.25) is 0 Å². The monoisotopic (exact) mass is 252 g/mol. The van der Waals surface area contributed by atoms with Crippen LogP contribution in [0.5, 0.6) is 0 Å². The van der Waals surface area contributed by atoms with Gasteiger partial charge in [0.1, 0.15) is 5.82 Å². The predicted molar refractivity (Wildman–Crippen MR) is 73.8 cm³/mol. The molecule has 0 aliphatic heterocycles. The van der Waals surface area contributed by atoms with Crippen LogP contribution in [0.4, 0.5) is 5.82 Å². The third kappa shape index (κ3) is 4.23. The zero-order valence-corrected chi connectivity index (χ0v) is 11.8. The molecule has 0 aromatic carbocycles. The van der Waals surface area contributed by atoms with Crippen molar-refractivity contribution in [1.29, 1.82) is 0 Å². The standard InChI is InChI=1S/C13H24N4O/c1-5-11(2)17(6-7-18-4)13-10-15-12(8-14-3)9-16-13/h9-11,14H,5-8H2,1-4H3. The number of ether oxygens (including phenoxy) is 1. The molecule has 1 aromatic rings. The molecule has 0 radical (unpaired) electrons. The summed E-state index contributed by atoms with van der Waals surface area (Å²) in [6.07, 6.45) is 4.74. The minimum absolute atomic E-state index is 0.435.